The van der Waals surface area contributed by atoms with E-state index in [1.54, 1.807) is 6.07 Å². The Hall–Kier alpha value is -1.97. The minimum absolute atomic E-state index is 0.0204. The van der Waals surface area contributed by atoms with Gasteiger partial charge in [0, 0.05) is 19.4 Å². The molecule has 1 aromatic rings. The van der Waals surface area contributed by atoms with E-state index in [9.17, 15) is 13.2 Å². The van der Waals surface area contributed by atoms with Crippen molar-refractivity contribution in [1.82, 2.24) is 15.1 Å². The van der Waals surface area contributed by atoms with Gasteiger partial charge in [-0.15, -0.1) is 0 Å². The number of hydrogen-bond donors (Lipinski definition) is 1. The van der Waals surface area contributed by atoms with Gasteiger partial charge in [-0.1, -0.05) is 0 Å². The highest BCUT2D eigenvalue weighted by Gasteiger charge is 2.32. The zero-order valence-electron chi connectivity index (χ0n) is 7.71. The second-order valence-corrected chi connectivity index (χ2v) is 2.60. The zero-order valence-corrected chi connectivity index (χ0v) is 7.71. The van der Waals surface area contributed by atoms with Crippen molar-refractivity contribution in [2.75, 3.05) is 7.05 Å². The van der Waals surface area contributed by atoms with Crippen LogP contribution in [0, 0.1) is 11.3 Å². The van der Waals surface area contributed by atoms with Crippen LogP contribution in [0.2, 0.25) is 0 Å². The van der Waals surface area contributed by atoms with Crippen LogP contribution in [0.1, 0.15) is 5.56 Å². The molecule has 0 saturated heterocycles. The fourth-order valence-corrected chi connectivity index (χ4v) is 0.887. The quantitative estimate of drug-likeness (QED) is 0.761. The van der Waals surface area contributed by atoms with E-state index in [2.05, 4.69) is 10.4 Å². The Morgan fingerprint density at radius 1 is 1.67 bits per heavy atom. The minimum atomic E-state index is -4.45. The molecule has 0 saturated carbocycles. The van der Waals surface area contributed by atoms with E-state index in [4.69, 9.17) is 5.26 Å². The second-order valence-electron chi connectivity index (χ2n) is 2.60. The number of halogens is 3. The lowest BCUT2D eigenvalue weighted by molar-refractivity contribution is -0.137. The number of rotatable bonds is 2. The molecule has 0 aliphatic rings. The Bertz CT molecular complexity index is 410. The van der Waals surface area contributed by atoms with Crippen molar-refractivity contribution < 1.29 is 13.2 Å². The summed E-state index contributed by atoms with van der Waals surface area (Å²) in [6, 6.07) is 1.72. The molecule has 7 heteroatoms. The van der Waals surface area contributed by atoms with Crippen LogP contribution in [-0.4, -0.2) is 16.8 Å². The molecule has 0 unspecified atom stereocenters. The molecular weight excluding hydrogens is 209 g/mol. The number of nitriles is 1. The first-order chi connectivity index (χ1) is 6.99. The highest BCUT2D eigenvalue weighted by molar-refractivity contribution is 5.58. The Balaban J connectivity index is 3.05. The summed E-state index contributed by atoms with van der Waals surface area (Å²) in [5.74, 6) is 0. The highest BCUT2D eigenvalue weighted by Crippen LogP contribution is 2.28. The molecule has 0 fully saturated rings. The molecule has 4 nitrogen and oxygen atoms in total. The molecule has 0 amide bonds. The fourth-order valence-electron chi connectivity index (χ4n) is 0.887. The zero-order chi connectivity index (χ0) is 11.5. The molecular formula is C8H7F3N4. The Kier molecular flexibility index (Phi) is 2.99. The predicted molar refractivity (Wildman–Crippen MR) is 46.2 cm³/mol. The topological polar surface area (TPSA) is 53.6 Å². The van der Waals surface area contributed by atoms with Gasteiger partial charge in [-0.2, -0.15) is 23.5 Å². The van der Waals surface area contributed by atoms with Crippen molar-refractivity contribution in [2.45, 2.75) is 6.18 Å². The van der Waals surface area contributed by atoms with Gasteiger partial charge in [-0.05, 0) is 0 Å². The maximum absolute atomic E-state index is 12.2. The Labute approximate surface area is 83.6 Å². The summed E-state index contributed by atoms with van der Waals surface area (Å²) in [6.45, 7) is 0. The molecule has 1 rings (SSSR count). The van der Waals surface area contributed by atoms with Gasteiger partial charge in [0.2, 0.25) is 0 Å². The third kappa shape index (κ3) is 2.49. The molecule has 0 aromatic carbocycles. The number of alkyl halides is 3. The van der Waals surface area contributed by atoms with E-state index >= 15 is 0 Å². The van der Waals surface area contributed by atoms with Crippen LogP contribution in [0.15, 0.2) is 18.6 Å². The molecule has 15 heavy (non-hydrogen) atoms. The number of nitrogens with one attached hydrogen (secondary N) is 1. The van der Waals surface area contributed by atoms with Crippen LogP contribution < -0.4 is 5.32 Å². The number of aromatic nitrogens is 2. The highest BCUT2D eigenvalue weighted by atomic mass is 19.4. The first kappa shape index (κ1) is 11.1. The first-order valence-electron chi connectivity index (χ1n) is 3.89. The van der Waals surface area contributed by atoms with Crippen LogP contribution in [0.4, 0.5) is 13.2 Å². The molecule has 0 spiro atoms. The van der Waals surface area contributed by atoms with Gasteiger partial charge >= 0.3 is 6.18 Å². The van der Waals surface area contributed by atoms with Crippen molar-refractivity contribution in [1.29, 1.82) is 5.26 Å². The van der Waals surface area contributed by atoms with E-state index in [0.717, 1.165) is 10.9 Å². The standard InChI is InChI=1S/C8H7F3N4/c1-13-4-7(2-12)15-5-6(3-14-15)8(9,10)11/h3-5,13H,1H3/b7-4+. The number of nitrogens with zero attached hydrogens (tertiary/aromatic N) is 3. The molecule has 1 heterocycles. The van der Waals surface area contributed by atoms with E-state index < -0.39 is 11.7 Å². The third-order valence-electron chi connectivity index (χ3n) is 1.55. The van der Waals surface area contributed by atoms with Crippen LogP contribution >= 0.6 is 0 Å². The van der Waals surface area contributed by atoms with Gasteiger partial charge in [0.25, 0.3) is 0 Å². The van der Waals surface area contributed by atoms with Crippen LogP contribution in [0.25, 0.3) is 5.70 Å². The molecule has 1 N–H and O–H groups in total. The maximum atomic E-state index is 12.2. The van der Waals surface area contributed by atoms with E-state index in [1.165, 1.54) is 13.2 Å². The van der Waals surface area contributed by atoms with Crippen molar-refractivity contribution >= 4 is 5.70 Å². The SMILES string of the molecule is CN/C=C(\C#N)n1cc(C(F)(F)F)cn1. The van der Waals surface area contributed by atoms with E-state index in [0.29, 0.717) is 6.20 Å². The monoisotopic (exact) mass is 216 g/mol. The Morgan fingerprint density at radius 3 is 2.73 bits per heavy atom. The normalized spacial score (nSPS) is 12.3. The maximum Gasteiger partial charge on any atom is 0.419 e. The molecule has 0 aliphatic carbocycles. The molecule has 0 radical (unpaired) electrons. The first-order valence-corrected chi connectivity index (χ1v) is 3.89. The largest absolute Gasteiger partial charge is 0.419 e. The molecule has 0 atom stereocenters. The minimum Gasteiger partial charge on any atom is -0.392 e. The molecule has 0 aliphatic heterocycles. The van der Waals surface area contributed by atoms with E-state index in [1.807, 2.05) is 0 Å². The summed E-state index contributed by atoms with van der Waals surface area (Å²) in [5.41, 5.74) is -0.909. The van der Waals surface area contributed by atoms with Crippen LogP contribution in [0.5, 0.6) is 0 Å². The lowest BCUT2D eigenvalue weighted by Gasteiger charge is -2.00. The summed E-state index contributed by atoms with van der Waals surface area (Å²) in [4.78, 5) is 0. The summed E-state index contributed by atoms with van der Waals surface area (Å²) in [5, 5.41) is 14.6. The van der Waals surface area contributed by atoms with Crippen molar-refractivity contribution in [2.24, 2.45) is 0 Å². The van der Waals surface area contributed by atoms with Gasteiger partial charge < -0.3 is 5.32 Å². The number of allylic oxidation sites excluding steroid dienone is 1. The summed E-state index contributed by atoms with van der Waals surface area (Å²) in [6.07, 6.45) is -1.77. The molecule has 80 valence electrons. The van der Waals surface area contributed by atoms with Crippen LogP contribution in [-0.2, 0) is 6.18 Å². The van der Waals surface area contributed by atoms with Gasteiger partial charge in [0.15, 0.2) is 5.70 Å². The van der Waals surface area contributed by atoms with Crippen molar-refractivity contribution in [3.63, 3.8) is 0 Å². The lowest BCUT2D eigenvalue weighted by Crippen LogP contribution is -2.04. The smallest absolute Gasteiger partial charge is 0.392 e. The number of hydrogen-bond acceptors (Lipinski definition) is 3. The molecule has 0 bridgehead atoms. The van der Waals surface area contributed by atoms with Gasteiger partial charge in [0.05, 0.1) is 11.8 Å². The van der Waals surface area contributed by atoms with Crippen LogP contribution in [0.3, 0.4) is 0 Å². The molecule has 1 aromatic heterocycles. The average Bonchev–Trinajstić information content (AvgIpc) is 2.62. The summed E-state index contributed by atoms with van der Waals surface area (Å²) in [7, 11) is 1.53. The van der Waals surface area contributed by atoms with E-state index in [-0.39, 0.29) is 5.70 Å². The Morgan fingerprint density at radius 2 is 2.33 bits per heavy atom. The van der Waals surface area contributed by atoms with Gasteiger partial charge in [-0.3, -0.25) is 0 Å². The van der Waals surface area contributed by atoms with Gasteiger partial charge in [-0.25, -0.2) is 4.68 Å². The average molecular weight is 216 g/mol. The predicted octanol–water partition coefficient (Wildman–Crippen LogP) is 1.44. The van der Waals surface area contributed by atoms with Crippen molar-refractivity contribution in [3.8, 4) is 6.07 Å². The fraction of sp³-hybridized carbons (Fsp3) is 0.250. The third-order valence-corrected chi connectivity index (χ3v) is 1.55. The lowest BCUT2D eigenvalue weighted by atomic mass is 10.3. The second kappa shape index (κ2) is 4.04. The summed E-state index contributed by atoms with van der Waals surface area (Å²) < 4.78 is 37.4. The van der Waals surface area contributed by atoms with Gasteiger partial charge in [0.1, 0.15) is 6.07 Å². The van der Waals surface area contributed by atoms with Crippen molar-refractivity contribution in [3.05, 3.63) is 24.2 Å². The summed E-state index contributed by atoms with van der Waals surface area (Å²) >= 11 is 0.